The van der Waals surface area contributed by atoms with Crippen LogP contribution in [0.5, 0.6) is 0 Å². The molecule has 1 heteroatoms. The molecule has 20 heavy (non-hydrogen) atoms. The molecular weight excluding hydrogens is 242 g/mol. The van der Waals surface area contributed by atoms with Crippen LogP contribution >= 0.6 is 0 Å². The lowest BCUT2D eigenvalue weighted by atomic mass is 9.45. The second kappa shape index (κ2) is 4.48. The lowest BCUT2D eigenvalue weighted by Gasteiger charge is -2.61. The molecule has 0 radical (unpaired) electrons. The Morgan fingerprint density at radius 1 is 0.750 bits per heavy atom. The zero-order chi connectivity index (χ0) is 14.0. The van der Waals surface area contributed by atoms with Gasteiger partial charge < -0.3 is 5.73 Å². The number of fused-ring (bicyclic) bond motifs is 5. The van der Waals surface area contributed by atoms with Crippen molar-refractivity contribution >= 4 is 0 Å². The summed E-state index contributed by atoms with van der Waals surface area (Å²) in [7, 11) is 0. The maximum Gasteiger partial charge on any atom is 0.00724 e. The Labute approximate surface area is 125 Å². The summed E-state index contributed by atoms with van der Waals surface area (Å²) in [6, 6.07) is 0.506. The molecule has 0 spiro atoms. The monoisotopic (exact) mass is 275 g/mol. The van der Waals surface area contributed by atoms with Gasteiger partial charge in [0.1, 0.15) is 0 Å². The first kappa shape index (κ1) is 13.6. The van der Waals surface area contributed by atoms with E-state index in [2.05, 4.69) is 13.8 Å². The summed E-state index contributed by atoms with van der Waals surface area (Å²) in [6.07, 6.45) is 14.7. The van der Waals surface area contributed by atoms with Gasteiger partial charge in [-0.2, -0.15) is 0 Å². The molecule has 4 aliphatic carbocycles. The van der Waals surface area contributed by atoms with Gasteiger partial charge in [0.2, 0.25) is 0 Å². The summed E-state index contributed by atoms with van der Waals surface area (Å²) < 4.78 is 0. The van der Waals surface area contributed by atoms with Gasteiger partial charge in [-0.3, -0.25) is 0 Å². The van der Waals surface area contributed by atoms with Gasteiger partial charge in [0, 0.05) is 6.04 Å². The third kappa shape index (κ3) is 1.71. The van der Waals surface area contributed by atoms with Crippen molar-refractivity contribution in [2.75, 3.05) is 0 Å². The van der Waals surface area contributed by atoms with Gasteiger partial charge in [-0.25, -0.2) is 0 Å². The Balaban J connectivity index is 1.65. The molecule has 0 bridgehead atoms. The zero-order valence-electron chi connectivity index (χ0n) is 13.5. The lowest BCUT2D eigenvalue weighted by molar-refractivity contribution is -0.108. The highest BCUT2D eigenvalue weighted by molar-refractivity contribution is 5.08. The number of hydrogen-bond donors (Lipinski definition) is 1. The average molecular weight is 275 g/mol. The quantitative estimate of drug-likeness (QED) is 0.678. The summed E-state index contributed by atoms with van der Waals surface area (Å²) in [5.74, 6) is 3.94. The molecular formula is C19H33N. The smallest absolute Gasteiger partial charge is 0.00724 e. The van der Waals surface area contributed by atoms with E-state index in [0.29, 0.717) is 16.9 Å². The van der Waals surface area contributed by atoms with Crippen LogP contribution in [0.15, 0.2) is 0 Å². The van der Waals surface area contributed by atoms with Crippen LogP contribution in [0.3, 0.4) is 0 Å². The van der Waals surface area contributed by atoms with Crippen LogP contribution in [-0.2, 0) is 0 Å². The van der Waals surface area contributed by atoms with Crippen LogP contribution < -0.4 is 5.73 Å². The van der Waals surface area contributed by atoms with Crippen molar-refractivity contribution in [1.82, 2.24) is 0 Å². The lowest BCUT2D eigenvalue weighted by Crippen LogP contribution is -2.56. The average Bonchev–Trinajstić information content (AvgIpc) is 2.80. The molecule has 0 aliphatic heterocycles. The molecule has 0 aromatic heterocycles. The van der Waals surface area contributed by atoms with E-state index in [-0.39, 0.29) is 0 Å². The molecule has 1 nitrogen and oxygen atoms in total. The Hall–Kier alpha value is -0.0400. The first-order valence-electron chi connectivity index (χ1n) is 9.30. The number of rotatable bonds is 0. The fourth-order valence-electron chi connectivity index (χ4n) is 7.47. The molecule has 0 aromatic rings. The molecule has 0 aromatic carbocycles. The molecule has 4 saturated carbocycles. The molecule has 7 atom stereocenters. The standard InChI is InChI=1S/C19H33N/c1-18-10-3-5-14(18)13-7-8-16-17(20)6-4-11-19(16,2)15(13)9-12-18/h13-17H,3-12,20H2,1-2H3/t13?,14-,15-,16-,17-,18-,19+/m0/s1. The van der Waals surface area contributed by atoms with Crippen LogP contribution in [0, 0.1) is 34.5 Å². The molecule has 4 aliphatic rings. The largest absolute Gasteiger partial charge is 0.327 e. The Bertz CT molecular complexity index is 391. The molecule has 1 unspecified atom stereocenters. The van der Waals surface area contributed by atoms with Crippen LogP contribution in [0.25, 0.3) is 0 Å². The fraction of sp³-hybridized carbons (Fsp3) is 1.00. The van der Waals surface area contributed by atoms with Gasteiger partial charge in [0.05, 0.1) is 0 Å². The topological polar surface area (TPSA) is 26.0 Å². The van der Waals surface area contributed by atoms with Crippen molar-refractivity contribution in [2.24, 2.45) is 40.2 Å². The summed E-state index contributed by atoms with van der Waals surface area (Å²) in [4.78, 5) is 0. The molecule has 0 heterocycles. The third-order valence-electron chi connectivity index (χ3n) is 8.49. The van der Waals surface area contributed by atoms with Crippen LogP contribution in [0.4, 0.5) is 0 Å². The van der Waals surface area contributed by atoms with E-state index in [0.717, 1.165) is 23.7 Å². The summed E-state index contributed by atoms with van der Waals surface area (Å²) in [6.45, 7) is 5.24. The maximum absolute atomic E-state index is 6.53. The van der Waals surface area contributed by atoms with Gasteiger partial charge in [-0.1, -0.05) is 26.7 Å². The predicted molar refractivity (Wildman–Crippen MR) is 84.3 cm³/mol. The first-order chi connectivity index (χ1) is 9.55. The molecule has 0 saturated heterocycles. The minimum Gasteiger partial charge on any atom is -0.327 e. The Kier molecular flexibility index (Phi) is 3.05. The van der Waals surface area contributed by atoms with Crippen LogP contribution in [0.2, 0.25) is 0 Å². The van der Waals surface area contributed by atoms with E-state index in [1.165, 1.54) is 64.2 Å². The van der Waals surface area contributed by atoms with E-state index in [1.54, 1.807) is 0 Å². The highest BCUT2D eigenvalue weighted by atomic mass is 14.7. The highest BCUT2D eigenvalue weighted by Gasteiger charge is 2.58. The number of hydrogen-bond acceptors (Lipinski definition) is 1. The van der Waals surface area contributed by atoms with E-state index in [9.17, 15) is 0 Å². The summed E-state index contributed by atoms with van der Waals surface area (Å²) in [5.41, 5.74) is 7.83. The Morgan fingerprint density at radius 3 is 2.40 bits per heavy atom. The summed E-state index contributed by atoms with van der Waals surface area (Å²) in [5, 5.41) is 0. The van der Waals surface area contributed by atoms with Crippen LogP contribution in [0.1, 0.15) is 78.1 Å². The van der Waals surface area contributed by atoms with Gasteiger partial charge in [-0.05, 0) is 85.9 Å². The van der Waals surface area contributed by atoms with Crippen molar-refractivity contribution < 1.29 is 0 Å². The molecule has 0 amide bonds. The minimum absolute atomic E-state index is 0.506. The van der Waals surface area contributed by atoms with E-state index >= 15 is 0 Å². The van der Waals surface area contributed by atoms with Gasteiger partial charge in [0.15, 0.2) is 0 Å². The van der Waals surface area contributed by atoms with Crippen molar-refractivity contribution in [2.45, 2.75) is 84.1 Å². The van der Waals surface area contributed by atoms with Gasteiger partial charge >= 0.3 is 0 Å². The number of nitrogens with two attached hydrogens (primary N) is 1. The second-order valence-electron chi connectivity index (χ2n) is 9.21. The molecule has 2 N–H and O–H groups in total. The van der Waals surface area contributed by atoms with Crippen molar-refractivity contribution in [3.8, 4) is 0 Å². The van der Waals surface area contributed by atoms with Crippen molar-refractivity contribution in [1.29, 1.82) is 0 Å². The summed E-state index contributed by atoms with van der Waals surface area (Å²) >= 11 is 0. The predicted octanol–water partition coefficient (Wildman–Crippen LogP) is 4.75. The highest BCUT2D eigenvalue weighted by Crippen LogP contribution is 2.65. The van der Waals surface area contributed by atoms with E-state index < -0.39 is 0 Å². The molecule has 4 fully saturated rings. The minimum atomic E-state index is 0.506. The molecule has 4 rings (SSSR count). The van der Waals surface area contributed by atoms with E-state index in [1.807, 2.05) is 0 Å². The first-order valence-corrected chi connectivity index (χ1v) is 9.30. The fourth-order valence-corrected chi connectivity index (χ4v) is 7.47. The van der Waals surface area contributed by atoms with Gasteiger partial charge in [-0.15, -0.1) is 0 Å². The Morgan fingerprint density at radius 2 is 1.55 bits per heavy atom. The SMILES string of the molecule is C[C@@]12CCC[C@H]1C1CC[C@H]3[C@@H](N)CCC[C@]3(C)[C@H]1CC2. The normalized spacial score (nSPS) is 58.6. The van der Waals surface area contributed by atoms with E-state index in [4.69, 9.17) is 5.73 Å². The third-order valence-corrected chi connectivity index (χ3v) is 8.49. The second-order valence-corrected chi connectivity index (χ2v) is 9.21. The maximum atomic E-state index is 6.53. The van der Waals surface area contributed by atoms with Crippen molar-refractivity contribution in [3.63, 3.8) is 0 Å². The molecule has 114 valence electrons. The van der Waals surface area contributed by atoms with Crippen molar-refractivity contribution in [3.05, 3.63) is 0 Å². The zero-order valence-corrected chi connectivity index (χ0v) is 13.5. The van der Waals surface area contributed by atoms with Gasteiger partial charge in [0.25, 0.3) is 0 Å². The van der Waals surface area contributed by atoms with Crippen LogP contribution in [-0.4, -0.2) is 6.04 Å².